The first-order valence-corrected chi connectivity index (χ1v) is 5.70. The number of aliphatic hydroxyl groups is 1. The molecule has 0 spiro atoms. The molecule has 1 unspecified atom stereocenters. The number of rotatable bonds is 2. The summed E-state index contributed by atoms with van der Waals surface area (Å²) in [6, 6.07) is 11.6. The molecular formula is C14H13NO2. The molecule has 1 aliphatic rings. The number of carbonyl (C=O) groups is 1. The first-order chi connectivity index (χ1) is 8.18. The van der Waals surface area contributed by atoms with Gasteiger partial charge in [-0.3, -0.25) is 4.79 Å². The van der Waals surface area contributed by atoms with Gasteiger partial charge in [0.1, 0.15) is 0 Å². The van der Waals surface area contributed by atoms with Crippen LogP contribution in [0.4, 0.5) is 5.69 Å². The Labute approximate surface area is 99.3 Å². The number of hydrogen-bond donors (Lipinski definition) is 1. The highest BCUT2D eigenvalue weighted by atomic mass is 16.3. The molecule has 0 bridgehead atoms. The Morgan fingerprint density at radius 2 is 1.94 bits per heavy atom. The number of β-amino-alcohol motifs (C(OH)–C–C–N with tert-alkyl or cyclic N) is 1. The molecule has 1 atom stereocenters. The molecule has 3 nitrogen and oxygen atoms in total. The summed E-state index contributed by atoms with van der Waals surface area (Å²) in [5.74, 6) is -0.0160. The van der Waals surface area contributed by atoms with Crippen molar-refractivity contribution in [3.05, 3.63) is 42.0 Å². The van der Waals surface area contributed by atoms with Crippen molar-refractivity contribution in [2.24, 2.45) is 0 Å². The lowest BCUT2D eigenvalue weighted by Crippen LogP contribution is -2.33. The molecule has 0 aliphatic carbocycles. The Bertz CT molecular complexity index is 599. The molecule has 0 aromatic heterocycles. The third-order valence-corrected chi connectivity index (χ3v) is 3.10. The predicted molar refractivity (Wildman–Crippen MR) is 67.3 cm³/mol. The predicted octanol–water partition coefficient (Wildman–Crippen LogP) is 2.18. The highest BCUT2D eigenvalue weighted by molar-refractivity contribution is 6.25. The third kappa shape index (κ3) is 1.43. The maximum absolute atomic E-state index is 12.2. The van der Waals surface area contributed by atoms with E-state index in [9.17, 15) is 9.90 Å². The van der Waals surface area contributed by atoms with Gasteiger partial charge in [-0.2, -0.15) is 0 Å². The van der Waals surface area contributed by atoms with E-state index in [2.05, 4.69) is 0 Å². The van der Waals surface area contributed by atoms with Crippen LogP contribution in [0.15, 0.2) is 36.4 Å². The quantitative estimate of drug-likeness (QED) is 0.854. The number of aliphatic hydroxyl groups excluding tert-OH is 1. The van der Waals surface area contributed by atoms with Gasteiger partial charge in [0.25, 0.3) is 5.91 Å². The molecule has 2 aromatic rings. The van der Waals surface area contributed by atoms with E-state index in [0.29, 0.717) is 6.54 Å². The maximum Gasteiger partial charge on any atom is 0.259 e. The molecule has 17 heavy (non-hydrogen) atoms. The summed E-state index contributed by atoms with van der Waals surface area (Å²) >= 11 is 0. The van der Waals surface area contributed by atoms with Crippen LogP contribution in [0.25, 0.3) is 10.8 Å². The van der Waals surface area contributed by atoms with E-state index in [-0.39, 0.29) is 5.91 Å². The molecular weight excluding hydrogens is 214 g/mol. The van der Waals surface area contributed by atoms with Gasteiger partial charge >= 0.3 is 0 Å². The zero-order valence-corrected chi connectivity index (χ0v) is 9.55. The van der Waals surface area contributed by atoms with Crippen molar-refractivity contribution in [1.82, 2.24) is 0 Å². The Balaban J connectivity index is 2.23. The number of carbonyl (C=O) groups excluding carboxylic acids is 1. The number of amides is 1. The Hall–Kier alpha value is -1.87. The van der Waals surface area contributed by atoms with Crippen molar-refractivity contribution in [2.45, 2.75) is 13.0 Å². The van der Waals surface area contributed by atoms with Crippen molar-refractivity contribution in [3.8, 4) is 0 Å². The molecule has 3 rings (SSSR count). The molecule has 3 heteroatoms. The summed E-state index contributed by atoms with van der Waals surface area (Å²) < 4.78 is 0. The van der Waals surface area contributed by atoms with Gasteiger partial charge in [-0.1, -0.05) is 24.3 Å². The standard InChI is InChI=1S/C14H13NO2/c1-9(16)8-15-12-7-3-5-10-4-2-6-11(13(10)12)14(15)17/h2-7,9,16H,8H2,1H3. The molecule has 0 radical (unpaired) electrons. The molecule has 86 valence electrons. The van der Waals surface area contributed by atoms with Crippen LogP contribution >= 0.6 is 0 Å². The van der Waals surface area contributed by atoms with Gasteiger partial charge in [-0.05, 0) is 24.4 Å². The van der Waals surface area contributed by atoms with Gasteiger partial charge in [0, 0.05) is 10.9 Å². The van der Waals surface area contributed by atoms with Gasteiger partial charge in [0.05, 0.1) is 18.3 Å². The lowest BCUT2D eigenvalue weighted by atomic mass is 10.1. The number of anilines is 1. The van der Waals surface area contributed by atoms with E-state index in [1.165, 1.54) is 0 Å². The second-order valence-electron chi connectivity index (χ2n) is 4.45. The minimum absolute atomic E-state index is 0.0160. The topological polar surface area (TPSA) is 40.5 Å². The normalized spacial score (nSPS) is 15.6. The summed E-state index contributed by atoms with van der Waals surface area (Å²) in [5, 5.41) is 11.5. The molecule has 0 saturated carbocycles. The molecule has 1 heterocycles. The van der Waals surface area contributed by atoms with E-state index in [1.54, 1.807) is 11.8 Å². The zero-order chi connectivity index (χ0) is 12.0. The van der Waals surface area contributed by atoms with E-state index >= 15 is 0 Å². The van der Waals surface area contributed by atoms with E-state index < -0.39 is 6.10 Å². The van der Waals surface area contributed by atoms with Crippen LogP contribution in [0.5, 0.6) is 0 Å². The second kappa shape index (κ2) is 3.57. The minimum Gasteiger partial charge on any atom is -0.392 e. The summed E-state index contributed by atoms with van der Waals surface area (Å²) in [6.45, 7) is 2.03. The van der Waals surface area contributed by atoms with E-state index in [4.69, 9.17) is 0 Å². The van der Waals surface area contributed by atoms with E-state index in [1.807, 2.05) is 36.4 Å². The fourth-order valence-corrected chi connectivity index (χ4v) is 2.42. The summed E-state index contributed by atoms with van der Waals surface area (Å²) in [6.07, 6.45) is -0.525. The average molecular weight is 227 g/mol. The largest absolute Gasteiger partial charge is 0.392 e. The highest BCUT2D eigenvalue weighted by Crippen LogP contribution is 2.36. The van der Waals surface area contributed by atoms with Crippen molar-refractivity contribution in [3.63, 3.8) is 0 Å². The minimum atomic E-state index is -0.525. The number of nitrogens with zero attached hydrogens (tertiary/aromatic N) is 1. The molecule has 1 N–H and O–H groups in total. The van der Waals surface area contributed by atoms with Crippen LogP contribution in [0, 0.1) is 0 Å². The summed E-state index contributed by atoms with van der Waals surface area (Å²) in [5.41, 5.74) is 1.64. The Kier molecular flexibility index (Phi) is 2.16. The van der Waals surface area contributed by atoms with Crippen molar-refractivity contribution in [1.29, 1.82) is 0 Å². The Morgan fingerprint density at radius 1 is 1.24 bits per heavy atom. The fourth-order valence-electron chi connectivity index (χ4n) is 2.42. The van der Waals surface area contributed by atoms with Gasteiger partial charge < -0.3 is 10.0 Å². The van der Waals surface area contributed by atoms with Crippen molar-refractivity contribution in [2.75, 3.05) is 11.4 Å². The Morgan fingerprint density at radius 3 is 2.65 bits per heavy atom. The fraction of sp³-hybridized carbons (Fsp3) is 0.214. The lowest BCUT2D eigenvalue weighted by molar-refractivity contribution is 0.0974. The third-order valence-electron chi connectivity index (χ3n) is 3.10. The molecule has 1 amide bonds. The first kappa shape index (κ1) is 10.3. The molecule has 0 fully saturated rings. The summed E-state index contributed by atoms with van der Waals surface area (Å²) in [7, 11) is 0. The number of benzene rings is 2. The van der Waals surface area contributed by atoms with Crippen LogP contribution in [0.1, 0.15) is 17.3 Å². The van der Waals surface area contributed by atoms with Gasteiger partial charge in [0.15, 0.2) is 0 Å². The smallest absolute Gasteiger partial charge is 0.259 e. The van der Waals surface area contributed by atoms with Crippen LogP contribution < -0.4 is 4.90 Å². The van der Waals surface area contributed by atoms with Crippen LogP contribution in [0.2, 0.25) is 0 Å². The van der Waals surface area contributed by atoms with Gasteiger partial charge in [-0.15, -0.1) is 0 Å². The van der Waals surface area contributed by atoms with E-state index in [0.717, 1.165) is 22.0 Å². The maximum atomic E-state index is 12.2. The average Bonchev–Trinajstić information content (AvgIpc) is 2.57. The highest BCUT2D eigenvalue weighted by Gasteiger charge is 2.29. The lowest BCUT2D eigenvalue weighted by Gasteiger charge is -2.19. The van der Waals surface area contributed by atoms with Crippen LogP contribution in [-0.2, 0) is 0 Å². The SMILES string of the molecule is CC(O)CN1C(=O)c2cccc3cccc1c23. The number of hydrogen-bond acceptors (Lipinski definition) is 2. The van der Waals surface area contributed by atoms with Gasteiger partial charge in [-0.25, -0.2) is 0 Å². The molecule has 2 aromatic carbocycles. The monoisotopic (exact) mass is 227 g/mol. The van der Waals surface area contributed by atoms with Crippen LogP contribution in [0.3, 0.4) is 0 Å². The second-order valence-corrected chi connectivity index (χ2v) is 4.45. The van der Waals surface area contributed by atoms with Gasteiger partial charge in [0.2, 0.25) is 0 Å². The molecule has 1 aliphatic heterocycles. The molecule has 0 saturated heterocycles. The summed E-state index contributed by atoms with van der Waals surface area (Å²) in [4.78, 5) is 13.9. The van der Waals surface area contributed by atoms with Crippen molar-refractivity contribution < 1.29 is 9.90 Å². The van der Waals surface area contributed by atoms with Crippen molar-refractivity contribution >= 4 is 22.4 Å². The van der Waals surface area contributed by atoms with Crippen LogP contribution in [-0.4, -0.2) is 23.7 Å². The first-order valence-electron chi connectivity index (χ1n) is 5.70. The zero-order valence-electron chi connectivity index (χ0n) is 9.55.